The number of aromatic nitrogens is 2. The number of benzene rings is 2. The minimum atomic E-state index is -0.351. The zero-order chi connectivity index (χ0) is 19.2. The van der Waals surface area contributed by atoms with Crippen molar-refractivity contribution in [3.8, 4) is 0 Å². The summed E-state index contributed by atoms with van der Waals surface area (Å²) in [6, 6.07) is 16.5. The Kier molecular flexibility index (Phi) is 5.81. The van der Waals surface area contributed by atoms with Crippen LogP contribution in [-0.2, 0) is 17.9 Å². The van der Waals surface area contributed by atoms with E-state index >= 15 is 0 Å². The fourth-order valence-electron chi connectivity index (χ4n) is 2.91. The molecule has 0 aliphatic heterocycles. The van der Waals surface area contributed by atoms with E-state index in [4.69, 9.17) is 0 Å². The molecule has 0 spiro atoms. The summed E-state index contributed by atoms with van der Waals surface area (Å²) in [6.07, 6.45) is 2.82. The molecule has 4 nitrogen and oxygen atoms in total. The molecule has 138 valence electrons. The van der Waals surface area contributed by atoms with Gasteiger partial charge in [-0.05, 0) is 31.6 Å². The number of carbonyl (C=O) groups is 1. The third-order valence-electron chi connectivity index (χ3n) is 4.47. The summed E-state index contributed by atoms with van der Waals surface area (Å²) in [6.45, 7) is 5.01. The van der Waals surface area contributed by atoms with E-state index < -0.39 is 0 Å². The molecule has 1 N–H and O–H groups in total. The van der Waals surface area contributed by atoms with Crippen molar-refractivity contribution >= 4 is 12.0 Å². The Morgan fingerprint density at radius 1 is 1.11 bits per heavy atom. The van der Waals surface area contributed by atoms with Gasteiger partial charge in [-0.25, -0.2) is 4.39 Å². The summed E-state index contributed by atoms with van der Waals surface area (Å²) in [5.41, 5.74) is 4.47. The van der Waals surface area contributed by atoms with Gasteiger partial charge in [-0.15, -0.1) is 0 Å². The van der Waals surface area contributed by atoms with Crippen LogP contribution in [0.25, 0.3) is 6.08 Å². The first-order chi connectivity index (χ1) is 13.0. The van der Waals surface area contributed by atoms with E-state index in [0.29, 0.717) is 18.7 Å². The Morgan fingerprint density at radius 3 is 2.56 bits per heavy atom. The van der Waals surface area contributed by atoms with Gasteiger partial charge in [-0.2, -0.15) is 5.10 Å². The highest BCUT2D eigenvalue weighted by Gasteiger charge is 2.12. The Labute approximate surface area is 158 Å². The maximum atomic E-state index is 13.6. The maximum Gasteiger partial charge on any atom is 0.244 e. The Bertz CT molecular complexity index is 961. The molecule has 2 aromatic carbocycles. The molecule has 1 amide bonds. The molecule has 0 aliphatic rings. The predicted molar refractivity (Wildman–Crippen MR) is 105 cm³/mol. The van der Waals surface area contributed by atoms with Gasteiger partial charge in [0.05, 0.1) is 12.2 Å². The third kappa shape index (κ3) is 4.70. The molecule has 0 fully saturated rings. The first-order valence-corrected chi connectivity index (χ1v) is 8.82. The smallest absolute Gasteiger partial charge is 0.244 e. The van der Waals surface area contributed by atoms with E-state index in [1.807, 2.05) is 36.7 Å². The largest absolute Gasteiger partial charge is 0.348 e. The lowest BCUT2D eigenvalue weighted by Gasteiger charge is -2.06. The summed E-state index contributed by atoms with van der Waals surface area (Å²) in [4.78, 5) is 12.1. The van der Waals surface area contributed by atoms with E-state index in [1.165, 1.54) is 23.8 Å². The van der Waals surface area contributed by atoms with Crippen molar-refractivity contribution in [1.29, 1.82) is 0 Å². The maximum absolute atomic E-state index is 13.6. The lowest BCUT2D eigenvalue weighted by molar-refractivity contribution is -0.116. The van der Waals surface area contributed by atoms with Gasteiger partial charge in [0.25, 0.3) is 0 Å². The molecule has 0 saturated carbocycles. The molecule has 0 atom stereocenters. The van der Waals surface area contributed by atoms with Crippen molar-refractivity contribution < 1.29 is 9.18 Å². The fourth-order valence-corrected chi connectivity index (χ4v) is 2.91. The second-order valence-corrected chi connectivity index (χ2v) is 6.37. The Balaban J connectivity index is 1.64. The number of carbonyl (C=O) groups excluding carboxylic acids is 1. The van der Waals surface area contributed by atoms with Crippen molar-refractivity contribution in [1.82, 2.24) is 15.1 Å². The van der Waals surface area contributed by atoms with Gasteiger partial charge in [-0.1, -0.05) is 48.5 Å². The van der Waals surface area contributed by atoms with Crippen LogP contribution in [0, 0.1) is 19.7 Å². The number of rotatable bonds is 6. The molecule has 0 saturated heterocycles. The van der Waals surface area contributed by atoms with Crippen molar-refractivity contribution in [2.75, 3.05) is 0 Å². The van der Waals surface area contributed by atoms with Crippen LogP contribution in [-0.4, -0.2) is 15.7 Å². The van der Waals surface area contributed by atoms with Crippen LogP contribution < -0.4 is 5.32 Å². The summed E-state index contributed by atoms with van der Waals surface area (Å²) in [7, 11) is 0. The van der Waals surface area contributed by atoms with Gasteiger partial charge in [0.15, 0.2) is 0 Å². The van der Waals surface area contributed by atoms with E-state index in [1.54, 1.807) is 18.2 Å². The molecule has 0 unspecified atom stereocenters. The number of nitrogens with zero attached hydrogens (tertiary/aromatic N) is 2. The van der Waals surface area contributed by atoms with Crippen molar-refractivity contribution in [3.63, 3.8) is 0 Å². The molecular weight excluding hydrogens is 341 g/mol. The SMILES string of the molecule is Cc1nn(Cc2ccccc2)c(C)c1CNC(=O)/C=C/c1ccccc1F. The highest BCUT2D eigenvalue weighted by Crippen LogP contribution is 2.15. The van der Waals surface area contributed by atoms with Crippen molar-refractivity contribution in [2.45, 2.75) is 26.9 Å². The van der Waals surface area contributed by atoms with Crippen LogP contribution in [0.2, 0.25) is 0 Å². The third-order valence-corrected chi connectivity index (χ3v) is 4.47. The predicted octanol–water partition coefficient (Wildman–Crippen LogP) is 4.02. The number of amides is 1. The first-order valence-electron chi connectivity index (χ1n) is 8.82. The standard InChI is InChI=1S/C22H22FN3O/c1-16-20(17(2)26(25-16)15-18-8-4-3-5-9-18)14-24-22(27)13-12-19-10-6-7-11-21(19)23/h3-13H,14-15H2,1-2H3,(H,24,27)/b13-12+. The van der Waals surface area contributed by atoms with Crippen LogP contribution in [0.5, 0.6) is 0 Å². The van der Waals surface area contributed by atoms with Gasteiger partial charge in [0.2, 0.25) is 5.91 Å². The lowest BCUT2D eigenvalue weighted by Crippen LogP contribution is -2.21. The van der Waals surface area contributed by atoms with Crippen LogP contribution in [0.15, 0.2) is 60.7 Å². The Morgan fingerprint density at radius 2 is 1.81 bits per heavy atom. The van der Waals surface area contributed by atoms with Gasteiger partial charge in [0.1, 0.15) is 5.82 Å². The average molecular weight is 363 g/mol. The lowest BCUT2D eigenvalue weighted by atomic mass is 10.2. The van der Waals surface area contributed by atoms with E-state index in [9.17, 15) is 9.18 Å². The fraction of sp³-hybridized carbons (Fsp3) is 0.182. The van der Waals surface area contributed by atoms with Gasteiger partial charge >= 0.3 is 0 Å². The molecule has 1 aromatic heterocycles. The minimum Gasteiger partial charge on any atom is -0.348 e. The number of hydrogen-bond acceptors (Lipinski definition) is 2. The molecule has 0 bridgehead atoms. The topological polar surface area (TPSA) is 46.9 Å². The van der Waals surface area contributed by atoms with E-state index in [0.717, 1.165) is 17.0 Å². The molecule has 3 aromatic rings. The highest BCUT2D eigenvalue weighted by atomic mass is 19.1. The summed E-state index contributed by atoms with van der Waals surface area (Å²) >= 11 is 0. The zero-order valence-electron chi connectivity index (χ0n) is 15.4. The normalized spacial score (nSPS) is 11.1. The van der Waals surface area contributed by atoms with Crippen LogP contribution in [0.4, 0.5) is 4.39 Å². The van der Waals surface area contributed by atoms with Gasteiger partial charge in [0, 0.05) is 29.4 Å². The number of aryl methyl sites for hydroxylation is 1. The minimum absolute atomic E-state index is 0.270. The molecule has 27 heavy (non-hydrogen) atoms. The van der Waals surface area contributed by atoms with Crippen LogP contribution >= 0.6 is 0 Å². The average Bonchev–Trinajstić information content (AvgIpc) is 2.93. The summed E-state index contributed by atoms with van der Waals surface area (Å²) < 4.78 is 15.5. The number of nitrogens with one attached hydrogen (secondary N) is 1. The quantitative estimate of drug-likeness (QED) is 0.673. The molecule has 1 heterocycles. The second kappa shape index (κ2) is 8.45. The number of halogens is 1. The molecule has 3 rings (SSSR count). The summed E-state index contributed by atoms with van der Waals surface area (Å²) in [5.74, 6) is -0.622. The zero-order valence-corrected chi connectivity index (χ0v) is 15.4. The second-order valence-electron chi connectivity index (χ2n) is 6.37. The van der Waals surface area contributed by atoms with Gasteiger partial charge < -0.3 is 5.32 Å². The van der Waals surface area contributed by atoms with Crippen molar-refractivity contribution in [3.05, 3.63) is 94.6 Å². The van der Waals surface area contributed by atoms with E-state index in [2.05, 4.69) is 22.5 Å². The van der Waals surface area contributed by atoms with Crippen molar-refractivity contribution in [2.24, 2.45) is 0 Å². The van der Waals surface area contributed by atoms with Crippen LogP contribution in [0.3, 0.4) is 0 Å². The highest BCUT2D eigenvalue weighted by molar-refractivity contribution is 5.91. The van der Waals surface area contributed by atoms with Crippen LogP contribution in [0.1, 0.15) is 28.1 Å². The summed E-state index contributed by atoms with van der Waals surface area (Å²) in [5, 5.41) is 7.43. The first kappa shape index (κ1) is 18.6. The molecule has 5 heteroatoms. The number of hydrogen-bond donors (Lipinski definition) is 1. The molecule has 0 radical (unpaired) electrons. The Hall–Kier alpha value is -3.21. The molecular formula is C22H22FN3O. The van der Waals surface area contributed by atoms with E-state index in [-0.39, 0.29) is 11.7 Å². The molecule has 0 aliphatic carbocycles. The monoisotopic (exact) mass is 363 g/mol. The van der Waals surface area contributed by atoms with Gasteiger partial charge in [-0.3, -0.25) is 9.48 Å².